The molecule has 0 bridgehead atoms. The van der Waals surface area contributed by atoms with E-state index in [1.807, 2.05) is 0 Å². The van der Waals surface area contributed by atoms with Gasteiger partial charge in [0.25, 0.3) is 11.7 Å². The van der Waals surface area contributed by atoms with E-state index in [4.69, 9.17) is 17.3 Å². The van der Waals surface area contributed by atoms with Gasteiger partial charge in [-0.1, -0.05) is 0 Å². The molecule has 1 aromatic rings. The van der Waals surface area contributed by atoms with Gasteiger partial charge in [-0.2, -0.15) is 0 Å². The summed E-state index contributed by atoms with van der Waals surface area (Å²) >= 11 is 5.03. The van der Waals surface area contributed by atoms with Crippen LogP contribution in [-0.2, 0) is 0 Å². The molecule has 1 aromatic heterocycles. The zero-order valence-corrected chi connectivity index (χ0v) is 8.24. The minimum atomic E-state index is -3.00. The van der Waals surface area contributed by atoms with Crippen molar-refractivity contribution in [3.8, 4) is 0 Å². The van der Waals surface area contributed by atoms with Gasteiger partial charge in [0.2, 0.25) is 0 Å². The summed E-state index contributed by atoms with van der Waals surface area (Å²) < 4.78 is 24.7. The van der Waals surface area contributed by atoms with Crippen LogP contribution in [0.1, 0.15) is 22.3 Å². The maximum absolute atomic E-state index is 12.4. The van der Waals surface area contributed by atoms with Crippen LogP contribution in [-0.4, -0.2) is 15.1 Å². The van der Waals surface area contributed by atoms with Gasteiger partial charge in [-0.25, -0.2) is 8.78 Å². The highest BCUT2D eigenvalue weighted by Crippen LogP contribution is 2.32. The number of halogens is 3. The van der Waals surface area contributed by atoms with Crippen LogP contribution in [0.2, 0.25) is 0 Å². The molecular formula is C7H4ClF2N3O3. The number of aromatic nitrogens is 1. The molecule has 0 amide bonds. The summed E-state index contributed by atoms with van der Waals surface area (Å²) in [6, 6.07) is 0. The van der Waals surface area contributed by atoms with Gasteiger partial charge in [-0.3, -0.25) is 4.79 Å². The first-order valence-electron chi connectivity index (χ1n) is 3.77. The second-order valence-electron chi connectivity index (χ2n) is 2.66. The molecule has 0 aromatic carbocycles. The quantitative estimate of drug-likeness (QED) is 0.502. The molecule has 0 spiro atoms. The Morgan fingerprint density at radius 3 is 2.56 bits per heavy atom. The highest BCUT2D eigenvalue weighted by Gasteiger charge is 2.28. The molecule has 6 nitrogen and oxygen atoms in total. The van der Waals surface area contributed by atoms with Crippen LogP contribution >= 0.6 is 11.6 Å². The van der Waals surface area contributed by atoms with E-state index in [1.54, 1.807) is 0 Å². The van der Waals surface area contributed by atoms with E-state index < -0.39 is 39.2 Å². The lowest BCUT2D eigenvalue weighted by molar-refractivity contribution is -0.389. The average Bonchev–Trinajstić information content (AvgIpc) is 2.15. The summed E-state index contributed by atoms with van der Waals surface area (Å²) in [7, 11) is 0. The van der Waals surface area contributed by atoms with Crippen molar-refractivity contribution in [2.75, 3.05) is 5.73 Å². The predicted molar refractivity (Wildman–Crippen MR) is 50.4 cm³/mol. The second kappa shape index (κ2) is 4.35. The number of hydrogen-bond donors (Lipinski definition) is 1. The Balaban J connectivity index is 3.54. The fourth-order valence-corrected chi connectivity index (χ4v) is 1.22. The Kier molecular flexibility index (Phi) is 3.33. The normalized spacial score (nSPS) is 10.5. The zero-order chi connectivity index (χ0) is 12.5. The van der Waals surface area contributed by atoms with Gasteiger partial charge >= 0.3 is 5.82 Å². The molecule has 1 rings (SSSR count). The van der Waals surface area contributed by atoms with E-state index in [-0.39, 0.29) is 0 Å². The number of nitrogens with zero attached hydrogens (tertiary/aromatic N) is 2. The Hall–Kier alpha value is -1.83. The van der Waals surface area contributed by atoms with Crippen molar-refractivity contribution in [2.24, 2.45) is 0 Å². The number of anilines is 1. The first-order chi connectivity index (χ1) is 7.36. The number of nitro groups is 1. The molecule has 9 heteroatoms. The van der Waals surface area contributed by atoms with E-state index in [2.05, 4.69) is 4.98 Å². The summed E-state index contributed by atoms with van der Waals surface area (Å²) in [5.74, 6) is -0.943. The van der Waals surface area contributed by atoms with Crippen LogP contribution in [0.4, 0.5) is 20.3 Å². The number of carbonyl (C=O) groups excluding carboxylic acids is 1. The zero-order valence-electron chi connectivity index (χ0n) is 7.49. The van der Waals surface area contributed by atoms with Crippen LogP contribution in [0, 0.1) is 10.1 Å². The van der Waals surface area contributed by atoms with E-state index >= 15 is 0 Å². The number of nitrogens with two attached hydrogens (primary N) is 1. The maximum atomic E-state index is 12.4. The Labute approximate surface area is 92.2 Å². The molecule has 0 radical (unpaired) electrons. The summed E-state index contributed by atoms with van der Waals surface area (Å²) in [5.41, 5.74) is 2.88. The molecule has 1 heterocycles. The summed E-state index contributed by atoms with van der Waals surface area (Å²) in [5, 5.41) is 9.14. The molecule has 0 saturated heterocycles. The van der Waals surface area contributed by atoms with Crippen LogP contribution in [0.3, 0.4) is 0 Å². The van der Waals surface area contributed by atoms with Crippen LogP contribution in [0.25, 0.3) is 0 Å². The van der Waals surface area contributed by atoms with Gasteiger partial charge in [0.15, 0.2) is 11.8 Å². The molecule has 0 saturated carbocycles. The number of pyridine rings is 1. The van der Waals surface area contributed by atoms with Gasteiger partial charge in [-0.05, 0) is 21.5 Å². The average molecular weight is 252 g/mol. The molecule has 0 fully saturated rings. The predicted octanol–water partition coefficient (Wildman–Crippen LogP) is 1.89. The first-order valence-corrected chi connectivity index (χ1v) is 4.14. The topological polar surface area (TPSA) is 99.1 Å². The highest BCUT2D eigenvalue weighted by atomic mass is 35.5. The molecule has 0 aliphatic carbocycles. The molecule has 0 unspecified atom stereocenters. The smallest absolute Gasteiger partial charge is 0.377 e. The fourth-order valence-electron chi connectivity index (χ4n) is 1.04. The molecule has 2 N–H and O–H groups in total. The molecule has 16 heavy (non-hydrogen) atoms. The van der Waals surface area contributed by atoms with Gasteiger partial charge in [-0.15, -0.1) is 0 Å². The summed E-state index contributed by atoms with van der Waals surface area (Å²) in [6.07, 6.45) is -2.45. The third-order valence-electron chi connectivity index (χ3n) is 1.73. The SMILES string of the molecule is Nc1c(C(F)F)cnc([N+](=O)[O-])c1C(=O)Cl. The Bertz CT molecular complexity index is 466. The molecule has 86 valence electrons. The monoisotopic (exact) mass is 251 g/mol. The van der Waals surface area contributed by atoms with Crippen molar-refractivity contribution in [3.05, 3.63) is 27.4 Å². The molecule has 0 aliphatic heterocycles. The highest BCUT2D eigenvalue weighted by molar-refractivity contribution is 6.68. The van der Waals surface area contributed by atoms with Crippen LogP contribution < -0.4 is 5.73 Å². The number of hydrogen-bond acceptors (Lipinski definition) is 5. The second-order valence-corrected chi connectivity index (χ2v) is 3.00. The third-order valence-corrected chi connectivity index (χ3v) is 1.92. The van der Waals surface area contributed by atoms with Crippen molar-refractivity contribution in [2.45, 2.75) is 6.43 Å². The van der Waals surface area contributed by atoms with E-state index in [0.29, 0.717) is 6.20 Å². The first kappa shape index (κ1) is 12.2. The van der Waals surface area contributed by atoms with E-state index in [1.165, 1.54) is 0 Å². The Morgan fingerprint density at radius 2 is 2.19 bits per heavy atom. The molecule has 0 atom stereocenters. The summed E-state index contributed by atoms with van der Waals surface area (Å²) in [4.78, 5) is 23.4. The van der Waals surface area contributed by atoms with Gasteiger partial charge in [0, 0.05) is 0 Å². The van der Waals surface area contributed by atoms with Crippen molar-refractivity contribution in [1.29, 1.82) is 0 Å². The Morgan fingerprint density at radius 1 is 1.62 bits per heavy atom. The molecule has 0 aliphatic rings. The van der Waals surface area contributed by atoms with Gasteiger partial charge < -0.3 is 15.8 Å². The summed E-state index contributed by atoms with van der Waals surface area (Å²) in [6.45, 7) is 0. The van der Waals surface area contributed by atoms with Crippen LogP contribution in [0.15, 0.2) is 6.20 Å². The lowest BCUT2D eigenvalue weighted by Crippen LogP contribution is -2.09. The number of rotatable bonds is 3. The largest absolute Gasteiger partial charge is 0.397 e. The standard InChI is InChI=1S/C7H4ClF2N3O3/c8-5(14)3-4(11)2(6(9)10)1-12-7(3)13(15)16/h1,6H,(H2,11,12). The lowest BCUT2D eigenvalue weighted by atomic mass is 10.1. The third kappa shape index (κ3) is 2.06. The lowest BCUT2D eigenvalue weighted by Gasteiger charge is -2.05. The number of carbonyl (C=O) groups is 1. The van der Waals surface area contributed by atoms with Crippen molar-refractivity contribution >= 4 is 28.3 Å². The molecular weight excluding hydrogens is 248 g/mol. The maximum Gasteiger partial charge on any atom is 0.377 e. The van der Waals surface area contributed by atoms with Crippen LogP contribution in [0.5, 0.6) is 0 Å². The van der Waals surface area contributed by atoms with Crippen molar-refractivity contribution < 1.29 is 18.5 Å². The minimum Gasteiger partial charge on any atom is -0.397 e. The minimum absolute atomic E-state index is 0.543. The van der Waals surface area contributed by atoms with E-state index in [9.17, 15) is 23.7 Å². The van der Waals surface area contributed by atoms with Crippen molar-refractivity contribution in [3.63, 3.8) is 0 Å². The number of alkyl halides is 2. The van der Waals surface area contributed by atoms with Crippen molar-refractivity contribution in [1.82, 2.24) is 4.98 Å². The van der Waals surface area contributed by atoms with Gasteiger partial charge in [0.05, 0.1) is 11.3 Å². The van der Waals surface area contributed by atoms with Gasteiger partial charge in [0.1, 0.15) is 0 Å². The fraction of sp³-hybridized carbons (Fsp3) is 0.143. The van der Waals surface area contributed by atoms with E-state index in [0.717, 1.165) is 0 Å². The number of nitrogen functional groups attached to an aromatic ring is 1.